The van der Waals surface area contributed by atoms with Crippen molar-refractivity contribution in [2.75, 3.05) is 49.2 Å². The normalized spacial score (nSPS) is 18.5. The lowest BCUT2D eigenvalue weighted by Gasteiger charge is -2.36. The summed E-state index contributed by atoms with van der Waals surface area (Å²) in [7, 11) is 0. The minimum atomic E-state index is -4.34. The first-order chi connectivity index (χ1) is 17.9. The highest BCUT2D eigenvalue weighted by atomic mass is 19.4. The first-order valence-electron chi connectivity index (χ1n) is 12.9. The third kappa shape index (κ3) is 5.15. The van der Waals surface area contributed by atoms with E-state index < -0.39 is 11.7 Å². The van der Waals surface area contributed by atoms with Crippen LogP contribution in [0.4, 0.5) is 24.9 Å². The zero-order chi connectivity index (χ0) is 25.4. The van der Waals surface area contributed by atoms with E-state index in [-0.39, 0.29) is 0 Å². The van der Waals surface area contributed by atoms with Crippen molar-refractivity contribution in [3.05, 3.63) is 82.0 Å². The quantitative estimate of drug-likeness (QED) is 0.518. The number of morpholine rings is 1. The van der Waals surface area contributed by atoms with E-state index in [1.807, 2.05) is 0 Å². The molecule has 1 aromatic heterocycles. The monoisotopic (exact) mass is 509 g/mol. The van der Waals surface area contributed by atoms with Crippen LogP contribution in [-0.2, 0) is 43.4 Å². The molecule has 0 N–H and O–H groups in total. The van der Waals surface area contributed by atoms with Gasteiger partial charge in [-0.3, -0.25) is 4.90 Å². The summed E-state index contributed by atoms with van der Waals surface area (Å²) in [5.74, 6) is 1.71. The van der Waals surface area contributed by atoms with Crippen molar-refractivity contribution >= 4 is 11.8 Å². The van der Waals surface area contributed by atoms with Crippen molar-refractivity contribution in [2.45, 2.75) is 38.7 Å². The number of alkyl halides is 3. The molecule has 1 saturated heterocycles. The molecule has 0 atom stereocenters. The Labute approximate surface area is 214 Å². The molecule has 3 aromatic rings. The average molecular weight is 510 g/mol. The Bertz CT molecular complexity index is 1270. The third-order valence-electron chi connectivity index (χ3n) is 7.49. The molecule has 3 aliphatic heterocycles. The Morgan fingerprint density at radius 1 is 0.811 bits per heavy atom. The van der Waals surface area contributed by atoms with Gasteiger partial charge in [-0.1, -0.05) is 42.5 Å². The lowest BCUT2D eigenvalue weighted by molar-refractivity contribution is -0.137. The number of aromatic nitrogens is 2. The van der Waals surface area contributed by atoms with Crippen molar-refractivity contribution in [3.63, 3.8) is 0 Å². The van der Waals surface area contributed by atoms with Gasteiger partial charge >= 0.3 is 6.18 Å². The Morgan fingerprint density at radius 2 is 1.62 bits per heavy atom. The predicted molar refractivity (Wildman–Crippen MR) is 136 cm³/mol. The van der Waals surface area contributed by atoms with Crippen molar-refractivity contribution in [1.82, 2.24) is 14.9 Å². The van der Waals surface area contributed by atoms with Crippen molar-refractivity contribution in [3.8, 4) is 0 Å². The average Bonchev–Trinajstić information content (AvgIpc) is 2.92. The maximum Gasteiger partial charge on any atom is 0.416 e. The van der Waals surface area contributed by atoms with Crippen molar-refractivity contribution < 1.29 is 17.9 Å². The lowest BCUT2D eigenvalue weighted by atomic mass is 10.00. The van der Waals surface area contributed by atoms with Gasteiger partial charge in [-0.25, -0.2) is 4.98 Å². The number of hydrogen-bond donors (Lipinski definition) is 0. The molecule has 4 heterocycles. The van der Waals surface area contributed by atoms with E-state index >= 15 is 0 Å². The van der Waals surface area contributed by atoms with Gasteiger partial charge < -0.3 is 14.5 Å². The molecule has 9 heteroatoms. The molecule has 0 aliphatic carbocycles. The largest absolute Gasteiger partial charge is 0.416 e. The molecule has 0 radical (unpaired) electrons. The molecule has 6 rings (SSSR count). The van der Waals surface area contributed by atoms with Crippen LogP contribution in [0.5, 0.6) is 0 Å². The van der Waals surface area contributed by atoms with Gasteiger partial charge in [0, 0.05) is 57.8 Å². The van der Waals surface area contributed by atoms with E-state index in [1.54, 1.807) is 6.07 Å². The fraction of sp³-hybridized carbons (Fsp3) is 0.429. The van der Waals surface area contributed by atoms with Gasteiger partial charge in [-0.15, -0.1) is 0 Å². The standard InChI is InChI=1S/C28H30F3N5O/c29-28(30,31)23-7-3-4-20(16-23)17-34-10-9-25-24(19-34)26(35-12-14-37-15-13-35)33-27(32-25)36-11-8-21-5-1-2-6-22(21)18-36/h1-7,16H,8-15,17-19H2. The molecule has 3 aliphatic rings. The van der Waals surface area contributed by atoms with Gasteiger partial charge in [-0.2, -0.15) is 18.2 Å². The number of benzene rings is 2. The highest BCUT2D eigenvalue weighted by molar-refractivity contribution is 5.55. The van der Waals surface area contributed by atoms with Gasteiger partial charge in [0.15, 0.2) is 0 Å². The van der Waals surface area contributed by atoms with E-state index in [1.165, 1.54) is 23.3 Å². The lowest BCUT2D eigenvalue weighted by Crippen LogP contribution is -2.40. The molecule has 0 unspecified atom stereocenters. The summed E-state index contributed by atoms with van der Waals surface area (Å²) in [6.45, 7) is 6.30. The van der Waals surface area contributed by atoms with Crippen LogP contribution >= 0.6 is 0 Å². The minimum Gasteiger partial charge on any atom is -0.378 e. The molecule has 1 fully saturated rings. The van der Waals surface area contributed by atoms with Gasteiger partial charge in [0.2, 0.25) is 5.95 Å². The Balaban J connectivity index is 1.28. The summed E-state index contributed by atoms with van der Waals surface area (Å²) in [6, 6.07) is 14.2. The summed E-state index contributed by atoms with van der Waals surface area (Å²) in [5.41, 5.74) is 4.89. The SMILES string of the molecule is FC(F)(F)c1cccc(CN2CCc3nc(N4CCc5ccccc5C4)nc(N4CCOCC4)c3C2)c1. The highest BCUT2D eigenvalue weighted by Gasteiger charge is 2.31. The second kappa shape index (κ2) is 9.95. The van der Waals surface area contributed by atoms with Crippen LogP contribution in [0.15, 0.2) is 48.5 Å². The summed E-state index contributed by atoms with van der Waals surface area (Å²) >= 11 is 0. The number of halogens is 3. The molecule has 0 saturated carbocycles. The summed E-state index contributed by atoms with van der Waals surface area (Å²) < 4.78 is 45.3. The number of fused-ring (bicyclic) bond motifs is 2. The van der Waals surface area contributed by atoms with Crippen LogP contribution in [0.1, 0.15) is 33.5 Å². The third-order valence-corrected chi connectivity index (χ3v) is 7.49. The van der Waals surface area contributed by atoms with Gasteiger partial charge in [0.1, 0.15) is 5.82 Å². The molecule has 2 aromatic carbocycles. The maximum absolute atomic E-state index is 13.2. The van der Waals surface area contributed by atoms with Gasteiger partial charge in [0.05, 0.1) is 24.5 Å². The summed E-state index contributed by atoms with van der Waals surface area (Å²) in [5, 5.41) is 0. The molecule has 0 spiro atoms. The number of anilines is 2. The van der Waals surface area contributed by atoms with Gasteiger partial charge in [0.25, 0.3) is 0 Å². The van der Waals surface area contributed by atoms with Crippen molar-refractivity contribution in [1.29, 1.82) is 0 Å². The zero-order valence-electron chi connectivity index (χ0n) is 20.7. The predicted octanol–water partition coefficient (Wildman–Crippen LogP) is 4.45. The number of ether oxygens (including phenoxy) is 1. The molecule has 194 valence electrons. The second-order valence-corrected chi connectivity index (χ2v) is 9.97. The number of rotatable bonds is 4. The van der Waals surface area contributed by atoms with E-state index in [0.717, 1.165) is 74.7 Å². The van der Waals surface area contributed by atoms with E-state index in [2.05, 4.69) is 39.0 Å². The zero-order valence-corrected chi connectivity index (χ0v) is 20.7. The highest BCUT2D eigenvalue weighted by Crippen LogP contribution is 2.33. The fourth-order valence-electron chi connectivity index (χ4n) is 5.52. The van der Waals surface area contributed by atoms with E-state index in [0.29, 0.717) is 31.9 Å². The molecular formula is C28H30F3N5O. The van der Waals surface area contributed by atoms with Crippen LogP contribution in [0.2, 0.25) is 0 Å². The van der Waals surface area contributed by atoms with Crippen LogP contribution < -0.4 is 9.80 Å². The molecule has 37 heavy (non-hydrogen) atoms. The van der Waals surface area contributed by atoms with Gasteiger partial charge in [-0.05, 0) is 29.2 Å². The smallest absolute Gasteiger partial charge is 0.378 e. The van der Waals surface area contributed by atoms with Crippen LogP contribution in [0.3, 0.4) is 0 Å². The molecular weight excluding hydrogens is 479 g/mol. The number of nitrogens with zero attached hydrogens (tertiary/aromatic N) is 5. The Hall–Kier alpha value is -3.17. The van der Waals surface area contributed by atoms with Crippen LogP contribution in [0.25, 0.3) is 0 Å². The summed E-state index contributed by atoms with van der Waals surface area (Å²) in [6.07, 6.45) is -2.63. The van der Waals surface area contributed by atoms with E-state index in [9.17, 15) is 13.2 Å². The van der Waals surface area contributed by atoms with Crippen LogP contribution in [0, 0.1) is 0 Å². The molecule has 0 bridgehead atoms. The number of hydrogen-bond acceptors (Lipinski definition) is 6. The summed E-state index contributed by atoms with van der Waals surface area (Å²) in [4.78, 5) is 16.9. The Morgan fingerprint density at radius 3 is 2.43 bits per heavy atom. The first-order valence-corrected chi connectivity index (χ1v) is 12.9. The second-order valence-electron chi connectivity index (χ2n) is 9.97. The van der Waals surface area contributed by atoms with E-state index in [4.69, 9.17) is 14.7 Å². The molecule has 6 nitrogen and oxygen atoms in total. The topological polar surface area (TPSA) is 44.7 Å². The van der Waals surface area contributed by atoms with Crippen LogP contribution in [-0.4, -0.2) is 54.3 Å². The maximum atomic E-state index is 13.2. The Kier molecular flexibility index (Phi) is 6.50. The van der Waals surface area contributed by atoms with Crippen molar-refractivity contribution in [2.24, 2.45) is 0 Å². The molecule has 0 amide bonds. The minimum absolute atomic E-state index is 0.455. The fourth-order valence-corrected chi connectivity index (χ4v) is 5.52. The first kappa shape index (κ1) is 24.2.